The Labute approximate surface area is 68.2 Å². The van der Waals surface area contributed by atoms with E-state index < -0.39 is 0 Å². The molecule has 0 bridgehead atoms. The van der Waals surface area contributed by atoms with Gasteiger partial charge in [0.2, 0.25) is 0 Å². The van der Waals surface area contributed by atoms with Gasteiger partial charge in [-0.25, -0.2) is 0 Å². The van der Waals surface area contributed by atoms with Crippen LogP contribution in [0.2, 0.25) is 0 Å². The Bertz CT molecular complexity index is 148. The first kappa shape index (κ1) is 10.2. The molecular weight excluding hydrogens is 140 g/mol. The zero-order chi connectivity index (χ0) is 8.69. The summed E-state index contributed by atoms with van der Waals surface area (Å²) >= 11 is 0. The second-order valence-corrected chi connectivity index (χ2v) is 2.60. The summed E-state index contributed by atoms with van der Waals surface area (Å²) in [4.78, 5) is 10.3. The molecule has 0 saturated heterocycles. The number of esters is 1. The van der Waals surface area contributed by atoms with Crippen LogP contribution in [-0.2, 0) is 9.53 Å². The summed E-state index contributed by atoms with van der Waals surface area (Å²) in [6.45, 7) is 6.01. The molecule has 0 spiro atoms. The van der Waals surface area contributed by atoms with E-state index in [1.54, 1.807) is 0 Å². The van der Waals surface area contributed by atoms with E-state index in [0.717, 1.165) is 12.8 Å². The van der Waals surface area contributed by atoms with Gasteiger partial charge in [-0.3, -0.25) is 4.79 Å². The van der Waals surface area contributed by atoms with Crippen LogP contribution in [0.4, 0.5) is 0 Å². The molecule has 0 aromatic heterocycles. The van der Waals surface area contributed by atoms with E-state index in [-0.39, 0.29) is 5.97 Å². The molecule has 0 N–H and O–H groups in total. The quantitative estimate of drug-likeness (QED) is 0.461. The third kappa shape index (κ3) is 7.10. The minimum absolute atomic E-state index is 0.217. The second-order valence-electron chi connectivity index (χ2n) is 2.60. The van der Waals surface area contributed by atoms with Gasteiger partial charge in [-0.05, 0) is 19.4 Å². The van der Waals surface area contributed by atoms with Gasteiger partial charge in [0.1, 0.15) is 6.61 Å². The lowest BCUT2D eigenvalue weighted by molar-refractivity contribution is -0.139. The molecule has 2 nitrogen and oxygen atoms in total. The summed E-state index contributed by atoms with van der Waals surface area (Å²) in [7, 11) is 0. The lowest BCUT2D eigenvalue weighted by Gasteiger charge is -1.98. The topological polar surface area (TPSA) is 26.3 Å². The van der Waals surface area contributed by atoms with E-state index >= 15 is 0 Å². The third-order valence-corrected chi connectivity index (χ3v) is 1.36. The standard InChI is InChI=1S/C9H16O2/c1-4-5-8(2)6-7-11-9(3)10/h6H,4-5,7H2,1-3H3. The highest BCUT2D eigenvalue weighted by Gasteiger charge is 1.89. The summed E-state index contributed by atoms with van der Waals surface area (Å²) in [5.74, 6) is -0.217. The summed E-state index contributed by atoms with van der Waals surface area (Å²) in [5, 5.41) is 0. The fourth-order valence-corrected chi connectivity index (χ4v) is 0.798. The summed E-state index contributed by atoms with van der Waals surface area (Å²) in [6.07, 6.45) is 4.18. The van der Waals surface area contributed by atoms with Crippen LogP contribution in [-0.4, -0.2) is 12.6 Å². The van der Waals surface area contributed by atoms with Gasteiger partial charge in [-0.1, -0.05) is 18.9 Å². The van der Waals surface area contributed by atoms with Gasteiger partial charge in [-0.15, -0.1) is 0 Å². The van der Waals surface area contributed by atoms with Crippen molar-refractivity contribution in [3.63, 3.8) is 0 Å². The van der Waals surface area contributed by atoms with E-state index in [4.69, 9.17) is 4.74 Å². The van der Waals surface area contributed by atoms with Crippen molar-refractivity contribution in [2.45, 2.75) is 33.6 Å². The molecule has 0 atom stereocenters. The molecule has 0 heterocycles. The van der Waals surface area contributed by atoms with E-state index in [2.05, 4.69) is 6.92 Å². The molecule has 0 aliphatic rings. The number of allylic oxidation sites excluding steroid dienone is 1. The first-order chi connectivity index (χ1) is 5.16. The van der Waals surface area contributed by atoms with Gasteiger partial charge >= 0.3 is 5.97 Å². The number of ether oxygens (including phenoxy) is 1. The Kier molecular flexibility index (Phi) is 5.53. The number of hydrogen-bond acceptors (Lipinski definition) is 2. The first-order valence-corrected chi connectivity index (χ1v) is 3.95. The molecule has 0 unspecified atom stereocenters. The number of rotatable bonds is 4. The van der Waals surface area contributed by atoms with Gasteiger partial charge in [-0.2, -0.15) is 0 Å². The van der Waals surface area contributed by atoms with Crippen LogP contribution < -0.4 is 0 Å². The monoisotopic (exact) mass is 156 g/mol. The van der Waals surface area contributed by atoms with Gasteiger partial charge in [0.05, 0.1) is 0 Å². The zero-order valence-corrected chi connectivity index (χ0v) is 7.52. The first-order valence-electron chi connectivity index (χ1n) is 3.95. The average Bonchev–Trinajstić information content (AvgIpc) is 1.87. The van der Waals surface area contributed by atoms with Crippen molar-refractivity contribution >= 4 is 5.97 Å². The number of hydrogen-bond donors (Lipinski definition) is 0. The van der Waals surface area contributed by atoms with Gasteiger partial charge < -0.3 is 4.74 Å². The van der Waals surface area contributed by atoms with E-state index in [1.807, 2.05) is 13.0 Å². The van der Waals surface area contributed by atoms with Gasteiger partial charge in [0.15, 0.2) is 0 Å². The van der Waals surface area contributed by atoms with Crippen LogP contribution in [0.15, 0.2) is 11.6 Å². The molecule has 0 aliphatic heterocycles. The molecule has 0 fully saturated rings. The second kappa shape index (κ2) is 5.96. The SMILES string of the molecule is CCCC(C)=CCOC(C)=O. The maximum absolute atomic E-state index is 10.3. The van der Waals surface area contributed by atoms with Crippen LogP contribution in [0.3, 0.4) is 0 Å². The molecule has 2 heteroatoms. The summed E-state index contributed by atoms with van der Waals surface area (Å²) < 4.78 is 4.74. The fraction of sp³-hybridized carbons (Fsp3) is 0.667. The molecule has 0 radical (unpaired) electrons. The zero-order valence-electron chi connectivity index (χ0n) is 7.52. The van der Waals surface area contributed by atoms with E-state index in [1.165, 1.54) is 12.5 Å². The Morgan fingerprint density at radius 2 is 2.09 bits per heavy atom. The van der Waals surface area contributed by atoms with Crippen molar-refractivity contribution in [3.8, 4) is 0 Å². The molecular formula is C9H16O2. The lowest BCUT2D eigenvalue weighted by Crippen LogP contribution is -1.98. The Morgan fingerprint density at radius 1 is 1.45 bits per heavy atom. The largest absolute Gasteiger partial charge is 0.462 e. The Balaban J connectivity index is 3.47. The molecule has 0 aromatic rings. The van der Waals surface area contributed by atoms with Crippen molar-refractivity contribution in [3.05, 3.63) is 11.6 Å². The predicted octanol–water partition coefficient (Wildman–Crippen LogP) is 2.30. The molecule has 0 saturated carbocycles. The third-order valence-electron chi connectivity index (χ3n) is 1.36. The molecule has 64 valence electrons. The highest BCUT2D eigenvalue weighted by Crippen LogP contribution is 2.01. The van der Waals surface area contributed by atoms with Crippen LogP contribution >= 0.6 is 0 Å². The number of carbonyl (C=O) groups excluding carboxylic acids is 1. The fourth-order valence-electron chi connectivity index (χ4n) is 0.798. The molecule has 0 rings (SSSR count). The van der Waals surface area contributed by atoms with Gasteiger partial charge in [0.25, 0.3) is 0 Å². The van der Waals surface area contributed by atoms with Crippen molar-refractivity contribution in [2.75, 3.05) is 6.61 Å². The van der Waals surface area contributed by atoms with Crippen LogP contribution in [0.1, 0.15) is 33.6 Å². The molecule has 0 amide bonds. The van der Waals surface area contributed by atoms with Crippen molar-refractivity contribution in [1.29, 1.82) is 0 Å². The summed E-state index contributed by atoms with van der Waals surface area (Å²) in [6, 6.07) is 0. The van der Waals surface area contributed by atoms with E-state index in [0.29, 0.717) is 6.61 Å². The molecule has 0 aliphatic carbocycles. The average molecular weight is 156 g/mol. The maximum atomic E-state index is 10.3. The van der Waals surface area contributed by atoms with Crippen LogP contribution in [0, 0.1) is 0 Å². The smallest absolute Gasteiger partial charge is 0.302 e. The van der Waals surface area contributed by atoms with E-state index in [9.17, 15) is 4.79 Å². The highest BCUT2D eigenvalue weighted by atomic mass is 16.5. The van der Waals surface area contributed by atoms with Crippen molar-refractivity contribution < 1.29 is 9.53 Å². The molecule has 0 aromatic carbocycles. The van der Waals surface area contributed by atoms with Crippen molar-refractivity contribution in [2.24, 2.45) is 0 Å². The highest BCUT2D eigenvalue weighted by molar-refractivity contribution is 5.65. The van der Waals surface area contributed by atoms with Crippen LogP contribution in [0.5, 0.6) is 0 Å². The Hall–Kier alpha value is -0.790. The Morgan fingerprint density at radius 3 is 2.55 bits per heavy atom. The maximum Gasteiger partial charge on any atom is 0.302 e. The van der Waals surface area contributed by atoms with Crippen molar-refractivity contribution in [1.82, 2.24) is 0 Å². The normalized spacial score (nSPS) is 11.4. The van der Waals surface area contributed by atoms with Gasteiger partial charge in [0, 0.05) is 6.92 Å². The molecule has 11 heavy (non-hydrogen) atoms. The van der Waals surface area contributed by atoms with Crippen LogP contribution in [0.25, 0.3) is 0 Å². The lowest BCUT2D eigenvalue weighted by atomic mass is 10.2. The summed E-state index contributed by atoms with van der Waals surface area (Å²) in [5.41, 5.74) is 1.29. The predicted molar refractivity (Wildman–Crippen MR) is 45.3 cm³/mol. The number of carbonyl (C=O) groups is 1. The minimum Gasteiger partial charge on any atom is -0.462 e. The minimum atomic E-state index is -0.217.